The summed E-state index contributed by atoms with van der Waals surface area (Å²) >= 11 is 0. The summed E-state index contributed by atoms with van der Waals surface area (Å²) < 4.78 is 66.4. The predicted octanol–water partition coefficient (Wildman–Crippen LogP) is 5.07. The molecule has 3 aromatic carbocycles. The van der Waals surface area contributed by atoms with Crippen molar-refractivity contribution in [2.75, 3.05) is 10.0 Å². The van der Waals surface area contributed by atoms with Crippen molar-refractivity contribution >= 4 is 27.3 Å². The summed E-state index contributed by atoms with van der Waals surface area (Å²) in [5.41, 5.74) is -0.121. The number of nitrogens with one attached hydrogen (secondary N) is 2. The predicted molar refractivity (Wildman–Crippen MR) is 108 cm³/mol. The zero-order valence-corrected chi connectivity index (χ0v) is 16.5. The topological polar surface area (TPSA) is 75.3 Å². The number of carbonyl (C=O) groups is 1. The molecule has 0 saturated heterocycles. The minimum absolute atomic E-state index is 0.0743. The summed E-state index contributed by atoms with van der Waals surface area (Å²) in [5, 5.41) is 2.23. The van der Waals surface area contributed by atoms with E-state index in [0.29, 0.717) is 0 Å². The van der Waals surface area contributed by atoms with Crippen LogP contribution >= 0.6 is 0 Å². The molecule has 0 atom stereocenters. The van der Waals surface area contributed by atoms with E-state index < -0.39 is 27.7 Å². The quantitative estimate of drug-likeness (QED) is 0.589. The smallest absolute Gasteiger partial charge is 0.321 e. The second kappa shape index (κ2) is 8.19. The summed E-state index contributed by atoms with van der Waals surface area (Å²) in [4.78, 5) is 12.4. The summed E-state index contributed by atoms with van der Waals surface area (Å²) in [6.45, 7) is 1.83. The van der Waals surface area contributed by atoms with Crippen molar-refractivity contribution in [3.63, 3.8) is 0 Å². The Morgan fingerprint density at radius 1 is 0.867 bits per heavy atom. The highest BCUT2D eigenvalue weighted by Gasteiger charge is 2.33. The maximum Gasteiger partial charge on any atom is 0.418 e. The highest BCUT2D eigenvalue weighted by molar-refractivity contribution is 7.92. The summed E-state index contributed by atoms with van der Waals surface area (Å²) in [6, 6.07) is 16.3. The molecular formula is C21H17F3N2O3S. The molecule has 2 N–H and O–H groups in total. The minimum Gasteiger partial charge on any atom is -0.321 e. The molecule has 0 heterocycles. The fraction of sp³-hybridized carbons (Fsp3) is 0.0952. The first kappa shape index (κ1) is 21.4. The average Bonchev–Trinajstić information content (AvgIpc) is 2.68. The normalized spacial score (nSPS) is 11.7. The van der Waals surface area contributed by atoms with Gasteiger partial charge in [-0.2, -0.15) is 13.2 Å². The van der Waals surface area contributed by atoms with Crippen molar-refractivity contribution in [3.05, 3.63) is 89.5 Å². The van der Waals surface area contributed by atoms with Crippen LogP contribution in [0.3, 0.4) is 0 Å². The van der Waals surface area contributed by atoms with Gasteiger partial charge in [-0.1, -0.05) is 29.8 Å². The number of amides is 1. The van der Waals surface area contributed by atoms with E-state index in [1.54, 1.807) is 12.1 Å². The molecule has 0 aliphatic carbocycles. The lowest BCUT2D eigenvalue weighted by Gasteiger charge is -2.14. The zero-order chi connectivity index (χ0) is 21.9. The van der Waals surface area contributed by atoms with Crippen molar-refractivity contribution in [2.24, 2.45) is 0 Å². The first-order chi connectivity index (χ1) is 14.1. The Balaban J connectivity index is 1.75. The Morgan fingerprint density at radius 3 is 2.07 bits per heavy atom. The molecule has 0 saturated carbocycles. The Kier molecular flexibility index (Phi) is 5.84. The lowest BCUT2D eigenvalue weighted by molar-refractivity contribution is -0.136. The minimum atomic E-state index is -4.61. The van der Waals surface area contributed by atoms with Crippen LogP contribution in [0.25, 0.3) is 0 Å². The number of aryl methyl sites for hydroxylation is 1. The molecule has 0 aliphatic heterocycles. The van der Waals surface area contributed by atoms with Crippen LogP contribution in [0.2, 0.25) is 0 Å². The fourth-order valence-corrected chi connectivity index (χ4v) is 3.71. The van der Waals surface area contributed by atoms with Gasteiger partial charge in [0.1, 0.15) is 0 Å². The van der Waals surface area contributed by atoms with Gasteiger partial charge in [-0.05, 0) is 55.5 Å². The molecule has 0 radical (unpaired) electrons. The maximum absolute atomic E-state index is 13.1. The molecule has 0 fully saturated rings. The monoisotopic (exact) mass is 434 g/mol. The van der Waals surface area contributed by atoms with Gasteiger partial charge in [0.15, 0.2) is 0 Å². The van der Waals surface area contributed by atoms with Crippen LogP contribution in [0.15, 0.2) is 77.7 Å². The van der Waals surface area contributed by atoms with Crippen LogP contribution in [0.4, 0.5) is 24.5 Å². The fourth-order valence-electron chi connectivity index (χ4n) is 2.65. The first-order valence-electron chi connectivity index (χ1n) is 8.73. The summed E-state index contributed by atoms with van der Waals surface area (Å²) in [6.07, 6.45) is -4.61. The number of para-hydroxylation sites is 1. The van der Waals surface area contributed by atoms with Gasteiger partial charge in [0, 0.05) is 11.3 Å². The largest absolute Gasteiger partial charge is 0.418 e. The molecular weight excluding hydrogens is 417 g/mol. The Morgan fingerprint density at radius 2 is 1.47 bits per heavy atom. The van der Waals surface area contributed by atoms with Gasteiger partial charge in [-0.3, -0.25) is 9.52 Å². The first-order valence-corrected chi connectivity index (χ1v) is 10.2. The molecule has 3 aromatic rings. The van der Waals surface area contributed by atoms with Gasteiger partial charge in [-0.15, -0.1) is 0 Å². The summed E-state index contributed by atoms with van der Waals surface area (Å²) in [5.74, 6) is -0.750. The van der Waals surface area contributed by atoms with Crippen LogP contribution in [0.1, 0.15) is 21.5 Å². The number of hydrogen-bond acceptors (Lipinski definition) is 3. The van der Waals surface area contributed by atoms with Gasteiger partial charge in [0.05, 0.1) is 16.1 Å². The van der Waals surface area contributed by atoms with Crippen molar-refractivity contribution in [1.29, 1.82) is 0 Å². The number of sulfonamides is 1. The van der Waals surface area contributed by atoms with Crippen LogP contribution in [0, 0.1) is 6.92 Å². The lowest BCUT2D eigenvalue weighted by atomic mass is 10.1. The molecule has 3 rings (SSSR count). The van der Waals surface area contributed by atoms with E-state index in [9.17, 15) is 26.4 Å². The molecule has 156 valence electrons. The van der Waals surface area contributed by atoms with Gasteiger partial charge >= 0.3 is 6.18 Å². The van der Waals surface area contributed by atoms with Gasteiger partial charge in [0.2, 0.25) is 0 Å². The van der Waals surface area contributed by atoms with Crippen LogP contribution in [0.5, 0.6) is 0 Å². The Bertz CT molecular complexity index is 1160. The second-order valence-corrected chi connectivity index (χ2v) is 8.18. The van der Waals surface area contributed by atoms with Crippen LogP contribution in [-0.2, 0) is 16.2 Å². The number of carbonyl (C=O) groups excluding carboxylic acids is 1. The Labute approximate surface area is 171 Å². The number of hydrogen-bond donors (Lipinski definition) is 2. The SMILES string of the molecule is Cc1ccc(S(=O)(=O)Nc2ccc(C(=O)Nc3ccccc3C(F)(F)F)cc2)cc1. The van der Waals surface area contributed by atoms with E-state index in [1.165, 1.54) is 48.5 Å². The molecule has 30 heavy (non-hydrogen) atoms. The maximum atomic E-state index is 13.1. The van der Waals surface area contributed by atoms with Crippen molar-refractivity contribution in [1.82, 2.24) is 0 Å². The van der Waals surface area contributed by atoms with Gasteiger partial charge in [-0.25, -0.2) is 8.42 Å². The third-order valence-corrected chi connectivity index (χ3v) is 5.61. The standard InChI is InChI=1S/C21H17F3N2O3S/c1-14-6-12-17(13-7-14)30(28,29)26-16-10-8-15(9-11-16)20(27)25-19-5-3-2-4-18(19)21(22,23)24/h2-13,26H,1H3,(H,25,27). The molecule has 0 spiro atoms. The third kappa shape index (κ3) is 4.98. The average molecular weight is 434 g/mol. The number of rotatable bonds is 5. The van der Waals surface area contributed by atoms with E-state index in [-0.39, 0.29) is 21.8 Å². The zero-order valence-electron chi connectivity index (χ0n) is 15.7. The molecule has 0 aliphatic rings. The lowest BCUT2D eigenvalue weighted by Crippen LogP contribution is -2.17. The van der Waals surface area contributed by atoms with Crippen LogP contribution in [-0.4, -0.2) is 14.3 Å². The van der Waals surface area contributed by atoms with Crippen molar-refractivity contribution in [2.45, 2.75) is 18.0 Å². The van der Waals surface area contributed by atoms with E-state index in [2.05, 4.69) is 10.0 Å². The molecule has 9 heteroatoms. The van der Waals surface area contributed by atoms with E-state index >= 15 is 0 Å². The molecule has 0 unspecified atom stereocenters. The van der Waals surface area contributed by atoms with Crippen molar-refractivity contribution in [3.8, 4) is 0 Å². The van der Waals surface area contributed by atoms with Gasteiger partial charge in [0.25, 0.3) is 15.9 Å². The number of halogens is 3. The molecule has 5 nitrogen and oxygen atoms in total. The van der Waals surface area contributed by atoms with Crippen LogP contribution < -0.4 is 10.0 Å². The second-order valence-electron chi connectivity index (χ2n) is 6.49. The van der Waals surface area contributed by atoms with E-state index in [1.807, 2.05) is 6.92 Å². The highest BCUT2D eigenvalue weighted by atomic mass is 32.2. The Hall–Kier alpha value is -3.33. The van der Waals surface area contributed by atoms with Gasteiger partial charge < -0.3 is 5.32 Å². The van der Waals surface area contributed by atoms with Crippen molar-refractivity contribution < 1.29 is 26.4 Å². The molecule has 0 bridgehead atoms. The van der Waals surface area contributed by atoms with E-state index in [4.69, 9.17) is 0 Å². The summed E-state index contributed by atoms with van der Waals surface area (Å²) in [7, 11) is -3.81. The molecule has 1 amide bonds. The number of alkyl halides is 3. The third-order valence-electron chi connectivity index (χ3n) is 4.21. The number of benzene rings is 3. The highest BCUT2D eigenvalue weighted by Crippen LogP contribution is 2.34. The number of anilines is 2. The van der Waals surface area contributed by atoms with E-state index in [0.717, 1.165) is 17.7 Å². The molecule has 0 aromatic heterocycles.